The smallest absolute Gasteiger partial charge is 0.226 e. The van der Waals surface area contributed by atoms with Gasteiger partial charge in [0.05, 0.1) is 6.04 Å². The average molecular weight is 234 g/mol. The zero-order chi connectivity index (χ0) is 11.5. The first-order valence-electron chi connectivity index (χ1n) is 7.25. The van der Waals surface area contributed by atoms with E-state index in [0.29, 0.717) is 11.9 Å². The standard InChI is InChI=1S/C14H22N2O/c17-13(16-12-7-15-8-12)14-4-9-1-10(5-14)3-11(2-9)6-14/h9-12,15H,1-8H2,(H,16,17). The third kappa shape index (κ3) is 1.55. The van der Waals surface area contributed by atoms with E-state index in [1.165, 1.54) is 38.5 Å². The SMILES string of the molecule is O=C(NC1CNC1)C12CC3CC(CC(C3)C1)C2. The Balaban J connectivity index is 1.53. The second-order valence-electron chi connectivity index (χ2n) is 7.03. The molecule has 4 bridgehead atoms. The molecular formula is C14H22N2O. The summed E-state index contributed by atoms with van der Waals surface area (Å²) in [6, 6.07) is 0.413. The van der Waals surface area contributed by atoms with Gasteiger partial charge in [0, 0.05) is 18.5 Å². The van der Waals surface area contributed by atoms with Gasteiger partial charge in [0.25, 0.3) is 0 Å². The maximum atomic E-state index is 12.6. The molecule has 1 aliphatic heterocycles. The monoisotopic (exact) mass is 234 g/mol. The van der Waals surface area contributed by atoms with Gasteiger partial charge in [-0.2, -0.15) is 0 Å². The largest absolute Gasteiger partial charge is 0.350 e. The Morgan fingerprint density at radius 1 is 1.00 bits per heavy atom. The highest BCUT2D eigenvalue weighted by atomic mass is 16.2. The van der Waals surface area contributed by atoms with Crippen LogP contribution in [0.4, 0.5) is 0 Å². The summed E-state index contributed by atoms with van der Waals surface area (Å²) in [5, 5.41) is 6.50. The fourth-order valence-electron chi connectivity index (χ4n) is 5.12. The molecule has 2 N–H and O–H groups in total. The third-order valence-electron chi connectivity index (χ3n) is 5.64. The highest BCUT2D eigenvalue weighted by molar-refractivity contribution is 5.83. The van der Waals surface area contributed by atoms with Gasteiger partial charge in [-0.15, -0.1) is 0 Å². The summed E-state index contributed by atoms with van der Waals surface area (Å²) >= 11 is 0. The number of nitrogens with one attached hydrogen (secondary N) is 2. The molecule has 4 saturated carbocycles. The van der Waals surface area contributed by atoms with E-state index in [4.69, 9.17) is 0 Å². The number of hydrogen-bond donors (Lipinski definition) is 2. The topological polar surface area (TPSA) is 41.1 Å². The van der Waals surface area contributed by atoms with Gasteiger partial charge in [0.2, 0.25) is 5.91 Å². The van der Waals surface area contributed by atoms with Crippen LogP contribution in [0.5, 0.6) is 0 Å². The van der Waals surface area contributed by atoms with Gasteiger partial charge in [0.1, 0.15) is 0 Å². The van der Waals surface area contributed by atoms with Crippen LogP contribution < -0.4 is 10.6 Å². The van der Waals surface area contributed by atoms with Crippen LogP contribution in [0.1, 0.15) is 38.5 Å². The Morgan fingerprint density at radius 2 is 1.53 bits per heavy atom. The van der Waals surface area contributed by atoms with Crippen LogP contribution >= 0.6 is 0 Å². The minimum Gasteiger partial charge on any atom is -0.350 e. The number of amides is 1. The molecule has 0 aromatic heterocycles. The van der Waals surface area contributed by atoms with Gasteiger partial charge >= 0.3 is 0 Å². The summed E-state index contributed by atoms with van der Waals surface area (Å²) in [6.45, 7) is 1.94. The van der Waals surface area contributed by atoms with Gasteiger partial charge in [-0.1, -0.05) is 0 Å². The molecule has 0 unspecified atom stereocenters. The summed E-state index contributed by atoms with van der Waals surface area (Å²) in [4.78, 5) is 12.6. The zero-order valence-corrected chi connectivity index (χ0v) is 10.4. The lowest BCUT2D eigenvalue weighted by molar-refractivity contribution is -0.147. The molecule has 5 fully saturated rings. The highest BCUT2D eigenvalue weighted by Gasteiger charge is 2.54. The third-order valence-corrected chi connectivity index (χ3v) is 5.64. The zero-order valence-electron chi connectivity index (χ0n) is 10.4. The minimum atomic E-state index is 0.0460. The van der Waals surface area contributed by atoms with Crippen molar-refractivity contribution in [3.63, 3.8) is 0 Å². The highest BCUT2D eigenvalue weighted by Crippen LogP contribution is 2.60. The van der Waals surface area contributed by atoms with E-state index in [2.05, 4.69) is 10.6 Å². The van der Waals surface area contributed by atoms with E-state index in [1.807, 2.05) is 0 Å². The van der Waals surface area contributed by atoms with Crippen LogP contribution in [-0.2, 0) is 4.79 Å². The number of carbonyl (C=O) groups is 1. The number of hydrogen-bond acceptors (Lipinski definition) is 2. The number of rotatable bonds is 2. The van der Waals surface area contributed by atoms with Gasteiger partial charge < -0.3 is 10.6 Å². The fourth-order valence-corrected chi connectivity index (χ4v) is 5.12. The average Bonchev–Trinajstić information content (AvgIpc) is 2.21. The van der Waals surface area contributed by atoms with E-state index in [0.717, 1.165) is 30.8 Å². The van der Waals surface area contributed by atoms with Crippen LogP contribution in [0.25, 0.3) is 0 Å². The molecule has 0 aromatic rings. The lowest BCUT2D eigenvalue weighted by Gasteiger charge is -2.56. The van der Waals surface area contributed by atoms with Crippen LogP contribution in [-0.4, -0.2) is 25.0 Å². The van der Waals surface area contributed by atoms with Crippen LogP contribution in [0.3, 0.4) is 0 Å². The number of carbonyl (C=O) groups excluding carboxylic acids is 1. The van der Waals surface area contributed by atoms with Crippen molar-refractivity contribution in [2.45, 2.75) is 44.6 Å². The molecule has 1 heterocycles. The molecule has 3 nitrogen and oxygen atoms in total. The fraction of sp³-hybridized carbons (Fsp3) is 0.929. The summed E-state index contributed by atoms with van der Waals surface area (Å²) in [6.07, 6.45) is 7.80. The van der Waals surface area contributed by atoms with Crippen molar-refractivity contribution < 1.29 is 4.79 Å². The second kappa shape index (κ2) is 3.47. The van der Waals surface area contributed by atoms with E-state index in [1.54, 1.807) is 0 Å². The Morgan fingerprint density at radius 3 is 1.94 bits per heavy atom. The molecule has 4 aliphatic carbocycles. The van der Waals surface area contributed by atoms with Gasteiger partial charge in [-0.3, -0.25) is 4.79 Å². The first-order chi connectivity index (χ1) is 8.23. The summed E-state index contributed by atoms with van der Waals surface area (Å²) in [7, 11) is 0. The molecule has 94 valence electrons. The molecule has 0 atom stereocenters. The maximum Gasteiger partial charge on any atom is 0.226 e. The Kier molecular flexibility index (Phi) is 2.11. The minimum absolute atomic E-state index is 0.0460. The molecule has 0 aromatic carbocycles. The van der Waals surface area contributed by atoms with Crippen molar-refractivity contribution in [1.29, 1.82) is 0 Å². The lowest BCUT2D eigenvalue weighted by Crippen LogP contribution is -2.62. The first-order valence-corrected chi connectivity index (χ1v) is 7.25. The molecule has 17 heavy (non-hydrogen) atoms. The van der Waals surface area contributed by atoms with Crippen LogP contribution in [0, 0.1) is 23.2 Å². The quantitative estimate of drug-likeness (QED) is 0.756. The molecule has 1 saturated heterocycles. The summed E-state index contributed by atoms with van der Waals surface area (Å²) in [5.41, 5.74) is 0.0460. The van der Waals surface area contributed by atoms with E-state index < -0.39 is 0 Å². The predicted octanol–water partition coefficient (Wildman–Crippen LogP) is 1.29. The Labute approximate surface area is 103 Å². The van der Waals surface area contributed by atoms with Crippen molar-refractivity contribution in [3.05, 3.63) is 0 Å². The van der Waals surface area contributed by atoms with Crippen molar-refractivity contribution >= 4 is 5.91 Å². The van der Waals surface area contributed by atoms with Gasteiger partial charge in [-0.05, 0) is 56.3 Å². The Hall–Kier alpha value is -0.570. The van der Waals surface area contributed by atoms with Crippen molar-refractivity contribution in [2.24, 2.45) is 23.2 Å². The summed E-state index contributed by atoms with van der Waals surface area (Å²) in [5.74, 6) is 2.99. The first kappa shape index (κ1) is 10.4. The van der Waals surface area contributed by atoms with E-state index in [-0.39, 0.29) is 5.41 Å². The Bertz CT molecular complexity index is 313. The molecule has 0 radical (unpaired) electrons. The van der Waals surface area contributed by atoms with E-state index >= 15 is 0 Å². The lowest BCUT2D eigenvalue weighted by atomic mass is 9.49. The van der Waals surface area contributed by atoms with Crippen LogP contribution in [0.15, 0.2) is 0 Å². The van der Waals surface area contributed by atoms with Crippen LogP contribution in [0.2, 0.25) is 0 Å². The molecule has 5 rings (SSSR count). The molecule has 3 heteroatoms. The van der Waals surface area contributed by atoms with Gasteiger partial charge in [-0.25, -0.2) is 0 Å². The van der Waals surface area contributed by atoms with Crippen molar-refractivity contribution in [3.8, 4) is 0 Å². The molecule has 0 spiro atoms. The predicted molar refractivity (Wildman–Crippen MR) is 65.4 cm³/mol. The second-order valence-corrected chi connectivity index (χ2v) is 7.03. The normalized spacial score (nSPS) is 47.9. The van der Waals surface area contributed by atoms with Gasteiger partial charge in [0.15, 0.2) is 0 Å². The molecular weight excluding hydrogens is 212 g/mol. The molecule has 5 aliphatic rings. The van der Waals surface area contributed by atoms with Crippen molar-refractivity contribution in [2.75, 3.05) is 13.1 Å². The maximum absolute atomic E-state index is 12.6. The van der Waals surface area contributed by atoms with Crippen molar-refractivity contribution in [1.82, 2.24) is 10.6 Å². The summed E-state index contributed by atoms with van der Waals surface area (Å²) < 4.78 is 0. The van der Waals surface area contributed by atoms with E-state index in [9.17, 15) is 4.79 Å². The molecule has 1 amide bonds.